The minimum absolute atomic E-state index is 0.0686. The maximum absolute atomic E-state index is 15.7. The molecule has 3 nitrogen and oxygen atoms in total. The Kier molecular flexibility index (Phi) is 5.72. The zero-order chi connectivity index (χ0) is 22.9. The van der Waals surface area contributed by atoms with Gasteiger partial charge in [-0.05, 0) is 29.8 Å². The summed E-state index contributed by atoms with van der Waals surface area (Å²) in [5.41, 5.74) is 2.44. The number of rotatable bonds is 6. The number of carbonyl (C=O) groups excluding carboxylic acids is 1. The molecule has 2 aromatic rings. The van der Waals surface area contributed by atoms with Crippen molar-refractivity contribution in [2.75, 3.05) is 0 Å². The zero-order valence-electron chi connectivity index (χ0n) is 18.6. The van der Waals surface area contributed by atoms with Crippen LogP contribution < -0.4 is 0 Å². The van der Waals surface area contributed by atoms with E-state index in [9.17, 15) is 4.79 Å². The second-order valence-corrected chi connectivity index (χ2v) is 9.21. The first-order valence-corrected chi connectivity index (χ1v) is 10.9. The van der Waals surface area contributed by atoms with Crippen LogP contribution in [0.5, 0.6) is 0 Å². The Labute approximate surface area is 187 Å². The van der Waals surface area contributed by atoms with E-state index < -0.39 is 12.4 Å². The van der Waals surface area contributed by atoms with E-state index in [1.54, 1.807) is 42.5 Å². The van der Waals surface area contributed by atoms with Gasteiger partial charge in [-0.2, -0.15) is 0 Å². The molecule has 164 valence electrons. The summed E-state index contributed by atoms with van der Waals surface area (Å²) in [5.74, 6) is 0.0686. The molecule has 0 aliphatic carbocycles. The number of Topliss-reactive ketones (excluding diaryl/α,β-unsaturated/α-hetero) is 1. The number of carbonyl (C=O) groups is 1. The highest BCUT2D eigenvalue weighted by molar-refractivity contribution is 6.58. The summed E-state index contributed by atoms with van der Waals surface area (Å²) in [7, 11) is 0. The van der Waals surface area contributed by atoms with E-state index in [4.69, 9.17) is 0 Å². The van der Waals surface area contributed by atoms with Gasteiger partial charge in [0.1, 0.15) is 5.78 Å². The Balaban J connectivity index is 1.60. The van der Waals surface area contributed by atoms with E-state index in [0.717, 1.165) is 14.5 Å². The number of hydrogen-bond acceptors (Lipinski definition) is 1. The minimum atomic E-state index is -4.07. The van der Waals surface area contributed by atoms with E-state index in [2.05, 4.69) is 0 Å². The number of aryl methyl sites for hydroxylation is 1. The summed E-state index contributed by atoms with van der Waals surface area (Å²) in [6, 6.07) is 13.2. The Morgan fingerprint density at radius 2 is 1.75 bits per heavy atom. The fraction of sp³-hybridized carbons (Fsp3) is 0.231. The lowest BCUT2D eigenvalue weighted by Crippen LogP contribution is -2.50. The van der Waals surface area contributed by atoms with Gasteiger partial charge in [0, 0.05) is 41.8 Å². The Bertz CT molecular complexity index is 1190. The lowest BCUT2D eigenvalue weighted by Gasteiger charge is -2.30. The summed E-state index contributed by atoms with van der Waals surface area (Å²) < 4.78 is 33.7. The molecule has 32 heavy (non-hydrogen) atoms. The van der Waals surface area contributed by atoms with E-state index >= 15 is 8.63 Å². The first-order valence-electron chi connectivity index (χ1n) is 10.9. The SMILES string of the molecule is CC(C)(C)C(=O)CCc1ccc2n1[B-](F)(F)[N+]1=C(/C=C/C=C/c3ccccc3)C=CC1=C2. The number of hydrogen-bond donors (Lipinski definition) is 0. The summed E-state index contributed by atoms with van der Waals surface area (Å²) in [6.45, 7) is 1.49. The van der Waals surface area contributed by atoms with Crippen molar-refractivity contribution in [2.24, 2.45) is 5.41 Å². The van der Waals surface area contributed by atoms with Crippen LogP contribution >= 0.6 is 0 Å². The number of aromatic nitrogens is 1. The number of nitrogens with zero attached hydrogens (tertiary/aromatic N) is 2. The first-order chi connectivity index (χ1) is 15.2. The number of halogens is 2. The Hall–Kier alpha value is -3.28. The normalized spacial score (nSPS) is 17.2. The van der Waals surface area contributed by atoms with E-state index in [-0.39, 0.29) is 12.2 Å². The number of allylic oxidation sites excluding steroid dienone is 5. The second kappa shape index (κ2) is 8.34. The largest absolute Gasteiger partial charge is 0.737 e. The summed E-state index contributed by atoms with van der Waals surface area (Å²) in [5, 5.41) is 0. The van der Waals surface area contributed by atoms with Crippen molar-refractivity contribution in [1.29, 1.82) is 0 Å². The molecule has 0 N–H and O–H groups in total. The third-order valence-corrected chi connectivity index (χ3v) is 5.84. The molecule has 0 radical (unpaired) electrons. The van der Waals surface area contributed by atoms with Crippen molar-refractivity contribution in [1.82, 2.24) is 4.48 Å². The predicted molar refractivity (Wildman–Crippen MR) is 128 cm³/mol. The van der Waals surface area contributed by atoms with Gasteiger partial charge in [-0.15, -0.1) is 0 Å². The highest BCUT2D eigenvalue weighted by atomic mass is 19.2. The summed E-state index contributed by atoms with van der Waals surface area (Å²) in [4.78, 5) is 12.3. The van der Waals surface area contributed by atoms with Gasteiger partial charge in [0.15, 0.2) is 11.4 Å². The van der Waals surface area contributed by atoms with Crippen LogP contribution in [0, 0.1) is 5.41 Å². The molecular weight excluding hydrogens is 405 g/mol. The Morgan fingerprint density at radius 1 is 1.03 bits per heavy atom. The third kappa shape index (κ3) is 4.22. The van der Waals surface area contributed by atoms with Crippen molar-refractivity contribution in [2.45, 2.75) is 33.6 Å². The van der Waals surface area contributed by atoms with Crippen LogP contribution in [0.2, 0.25) is 0 Å². The first kappa shape index (κ1) is 21.9. The monoisotopic (exact) mass is 432 g/mol. The highest BCUT2D eigenvalue weighted by Crippen LogP contribution is 2.33. The minimum Gasteiger partial charge on any atom is -0.394 e. The van der Waals surface area contributed by atoms with Crippen LogP contribution in [0.15, 0.2) is 78.5 Å². The van der Waals surface area contributed by atoms with E-state index in [1.807, 2.05) is 63.3 Å². The molecule has 1 aromatic heterocycles. The fourth-order valence-corrected chi connectivity index (χ4v) is 4.07. The van der Waals surface area contributed by atoms with Crippen molar-refractivity contribution >= 4 is 30.6 Å². The van der Waals surface area contributed by atoms with Crippen LogP contribution in [0.25, 0.3) is 12.2 Å². The fourth-order valence-electron chi connectivity index (χ4n) is 4.07. The molecule has 3 heterocycles. The number of fused-ring (bicyclic) bond motifs is 2. The molecule has 0 amide bonds. The van der Waals surface area contributed by atoms with Crippen LogP contribution in [0.3, 0.4) is 0 Å². The molecule has 0 unspecified atom stereocenters. The van der Waals surface area contributed by atoms with Crippen LogP contribution in [-0.4, -0.2) is 27.4 Å². The molecule has 4 rings (SSSR count). The van der Waals surface area contributed by atoms with Crippen LogP contribution in [-0.2, 0) is 11.2 Å². The van der Waals surface area contributed by atoms with Crippen molar-refractivity contribution in [3.63, 3.8) is 0 Å². The lowest BCUT2D eigenvalue weighted by atomic mass is 9.87. The van der Waals surface area contributed by atoms with Gasteiger partial charge < -0.3 is 17.6 Å². The molecule has 0 spiro atoms. The molecule has 6 heteroatoms. The molecule has 0 saturated heterocycles. The van der Waals surface area contributed by atoms with Gasteiger partial charge in [-0.1, -0.05) is 69.3 Å². The Morgan fingerprint density at radius 3 is 2.47 bits per heavy atom. The molecule has 2 aliphatic heterocycles. The average molecular weight is 432 g/mol. The quantitative estimate of drug-likeness (QED) is 0.412. The number of benzene rings is 1. The topological polar surface area (TPSA) is 25.0 Å². The van der Waals surface area contributed by atoms with E-state index in [1.165, 1.54) is 0 Å². The average Bonchev–Trinajstić information content (AvgIpc) is 3.35. The summed E-state index contributed by atoms with van der Waals surface area (Å²) in [6.07, 6.45) is 13.0. The van der Waals surface area contributed by atoms with Gasteiger partial charge in [-0.3, -0.25) is 4.79 Å². The lowest BCUT2D eigenvalue weighted by molar-refractivity contribution is -0.360. The zero-order valence-corrected chi connectivity index (χ0v) is 18.6. The van der Waals surface area contributed by atoms with Gasteiger partial charge >= 0.3 is 6.97 Å². The van der Waals surface area contributed by atoms with Gasteiger partial charge in [0.2, 0.25) is 0 Å². The van der Waals surface area contributed by atoms with Crippen molar-refractivity contribution < 1.29 is 17.9 Å². The molecule has 0 atom stereocenters. The predicted octanol–water partition coefficient (Wildman–Crippen LogP) is 5.91. The highest BCUT2D eigenvalue weighted by Gasteiger charge is 2.52. The maximum Gasteiger partial charge on any atom is 0.737 e. The summed E-state index contributed by atoms with van der Waals surface area (Å²) >= 11 is 0. The maximum atomic E-state index is 15.7. The van der Waals surface area contributed by atoms with Gasteiger partial charge in [-0.25, -0.2) is 0 Å². The molecule has 0 fully saturated rings. The van der Waals surface area contributed by atoms with Crippen LogP contribution in [0.1, 0.15) is 44.1 Å². The molecule has 1 aromatic carbocycles. The number of ketones is 1. The van der Waals surface area contributed by atoms with Gasteiger partial charge in [0.05, 0.1) is 0 Å². The smallest absolute Gasteiger partial charge is 0.394 e. The van der Waals surface area contributed by atoms with Crippen LogP contribution in [0.4, 0.5) is 8.63 Å². The van der Waals surface area contributed by atoms with Crippen molar-refractivity contribution in [3.05, 3.63) is 95.5 Å². The van der Waals surface area contributed by atoms with Gasteiger partial charge in [0.25, 0.3) is 0 Å². The standard InChI is InChI=1S/C26H27BF2N2O/c1-26(2,3)25(32)18-17-22-14-16-24-19-23-15-13-21(30(23)27(28,29)31(22)24)12-8-7-11-20-9-5-4-6-10-20/h4-16,19H,17-18H2,1-3H3/b11-7+,12-8+. The molecule has 0 bridgehead atoms. The van der Waals surface area contributed by atoms with E-state index in [0.29, 0.717) is 29.2 Å². The van der Waals surface area contributed by atoms with Crippen molar-refractivity contribution in [3.8, 4) is 0 Å². The molecule has 2 aliphatic rings. The molecule has 0 saturated carbocycles. The second-order valence-electron chi connectivity index (χ2n) is 9.21. The molecular formula is C26H27BF2N2O. The third-order valence-electron chi connectivity index (χ3n) is 5.84.